The van der Waals surface area contributed by atoms with Crippen molar-refractivity contribution in [2.75, 3.05) is 0 Å². The van der Waals surface area contributed by atoms with Crippen molar-refractivity contribution in [3.05, 3.63) is 12.7 Å². The van der Waals surface area contributed by atoms with Gasteiger partial charge in [-0.1, -0.05) is 6.08 Å². The summed E-state index contributed by atoms with van der Waals surface area (Å²) in [6.07, 6.45) is 2.93. The van der Waals surface area contributed by atoms with E-state index in [-0.39, 0.29) is 7.85 Å². The first kappa shape index (κ1) is 5.08. The largest absolute Gasteiger partial charge is 0.298 e. The molecule has 2 nitrogen and oxygen atoms in total. The molecule has 7 heavy (non-hydrogen) atoms. The van der Waals surface area contributed by atoms with Crippen LogP contribution in [0.2, 0.25) is 0 Å². The first-order valence-electron chi connectivity index (χ1n) is 1.98. The van der Waals surface area contributed by atoms with Crippen LogP contribution < -0.4 is 0 Å². The molecule has 0 aromatic carbocycles. The van der Waals surface area contributed by atoms with E-state index in [1.807, 2.05) is 6.08 Å². The SMILES string of the molecule is C=CCp1np[nH]1. The van der Waals surface area contributed by atoms with Crippen LogP contribution in [-0.4, -0.2) is 9.02 Å². The van der Waals surface area contributed by atoms with E-state index >= 15 is 0 Å². The van der Waals surface area contributed by atoms with E-state index in [0.29, 0.717) is 0 Å². The van der Waals surface area contributed by atoms with Gasteiger partial charge >= 0.3 is 0 Å². The Hall–Kier alpha value is -0.0600. The summed E-state index contributed by atoms with van der Waals surface area (Å²) in [7, 11) is 0.901. The molecule has 1 aromatic heterocycles. The summed E-state index contributed by atoms with van der Waals surface area (Å²) in [5, 5.41) is 0. The fourth-order valence-electron chi connectivity index (χ4n) is 0.308. The van der Waals surface area contributed by atoms with Gasteiger partial charge < -0.3 is 0 Å². The van der Waals surface area contributed by atoms with Gasteiger partial charge in [0.15, 0.2) is 0 Å². The van der Waals surface area contributed by atoms with Crippen molar-refractivity contribution in [3.8, 4) is 0 Å². The zero-order chi connectivity index (χ0) is 5.11. The third-order valence-corrected chi connectivity index (χ3v) is 3.72. The first-order valence-corrected chi connectivity index (χ1v) is 4.31. The number of hydrogen-bond acceptors (Lipinski definition) is 1. The highest BCUT2D eigenvalue weighted by Crippen LogP contribution is 2.25. The first-order chi connectivity index (χ1) is 3.43. The molecule has 0 spiro atoms. The zero-order valence-corrected chi connectivity index (χ0v) is 5.62. The van der Waals surface area contributed by atoms with Crippen LogP contribution in [-0.2, 0) is 6.16 Å². The van der Waals surface area contributed by atoms with Crippen molar-refractivity contribution in [3.63, 3.8) is 0 Å². The van der Waals surface area contributed by atoms with E-state index in [2.05, 4.69) is 15.6 Å². The molecule has 1 rings (SSSR count). The molecule has 1 N–H and O–H groups in total. The molecule has 1 aromatic rings. The fourth-order valence-corrected chi connectivity index (χ4v) is 2.03. The highest BCUT2D eigenvalue weighted by molar-refractivity contribution is 7.55. The van der Waals surface area contributed by atoms with Gasteiger partial charge in [0.25, 0.3) is 0 Å². The molecule has 0 aliphatic carbocycles. The monoisotopic (exact) mass is 132 g/mol. The Morgan fingerprint density at radius 1 is 2.00 bits per heavy atom. The molecule has 0 radical (unpaired) electrons. The summed E-state index contributed by atoms with van der Waals surface area (Å²) < 4.78 is 7.26. The lowest BCUT2D eigenvalue weighted by molar-refractivity contribution is 1.51. The molecule has 0 aliphatic rings. The van der Waals surface area contributed by atoms with Gasteiger partial charge in [0.05, 0.1) is 7.85 Å². The Bertz CT molecular complexity index is 134. The zero-order valence-electron chi connectivity index (χ0n) is 3.83. The van der Waals surface area contributed by atoms with E-state index in [9.17, 15) is 0 Å². The number of H-pyrrole nitrogens is 1. The van der Waals surface area contributed by atoms with Gasteiger partial charge in [0, 0.05) is 6.16 Å². The molecule has 1 heterocycles. The number of rotatable bonds is 2. The van der Waals surface area contributed by atoms with Gasteiger partial charge in [-0.3, -0.25) is 4.51 Å². The van der Waals surface area contributed by atoms with Crippen LogP contribution in [0.3, 0.4) is 0 Å². The summed E-state index contributed by atoms with van der Waals surface area (Å²) in [5.74, 6) is 0. The summed E-state index contributed by atoms with van der Waals surface area (Å²) in [4.78, 5) is 0. The van der Waals surface area contributed by atoms with E-state index in [0.717, 1.165) is 14.7 Å². The number of nitrogens with zero attached hydrogens (tertiary/aromatic N) is 1. The van der Waals surface area contributed by atoms with Crippen LogP contribution in [0.5, 0.6) is 0 Å². The predicted molar refractivity (Wildman–Crippen MR) is 34.0 cm³/mol. The normalized spacial score (nSPS) is 12.9. The lowest BCUT2D eigenvalue weighted by Gasteiger charge is -1.94. The average molecular weight is 132 g/mol. The van der Waals surface area contributed by atoms with Crippen molar-refractivity contribution < 1.29 is 0 Å². The molecule has 0 fully saturated rings. The molecule has 0 bridgehead atoms. The van der Waals surface area contributed by atoms with Crippen molar-refractivity contribution in [1.29, 1.82) is 0 Å². The highest BCUT2D eigenvalue weighted by Gasteiger charge is 1.87. The lowest BCUT2D eigenvalue weighted by atomic mass is 10.8. The minimum Gasteiger partial charge on any atom is -0.298 e. The number of aromatic amines is 1. The molecular formula is C3H6N2P2. The maximum Gasteiger partial charge on any atom is 0.138 e. The molecular weight excluding hydrogens is 126 g/mol. The number of aromatic nitrogens is 2. The summed E-state index contributed by atoms with van der Waals surface area (Å²) in [6, 6.07) is 0. The summed E-state index contributed by atoms with van der Waals surface area (Å²) >= 11 is 0. The van der Waals surface area contributed by atoms with Gasteiger partial charge in [0.1, 0.15) is 8.51 Å². The quantitative estimate of drug-likeness (QED) is 0.613. The third-order valence-electron chi connectivity index (χ3n) is 0.615. The molecule has 1 unspecified atom stereocenters. The smallest absolute Gasteiger partial charge is 0.138 e. The summed E-state index contributed by atoms with van der Waals surface area (Å²) in [5.41, 5.74) is 0. The van der Waals surface area contributed by atoms with Crippen LogP contribution in [0.15, 0.2) is 12.7 Å². The Balaban J connectivity index is 2.40. The summed E-state index contributed by atoms with van der Waals surface area (Å²) in [6.45, 7) is 3.60. The van der Waals surface area contributed by atoms with Crippen LogP contribution in [0.25, 0.3) is 0 Å². The highest BCUT2D eigenvalue weighted by atomic mass is 31.2. The van der Waals surface area contributed by atoms with Gasteiger partial charge in [-0.15, -0.1) is 6.58 Å². The van der Waals surface area contributed by atoms with Crippen LogP contribution in [0, 0.1) is 0 Å². The van der Waals surface area contributed by atoms with Crippen molar-refractivity contribution in [1.82, 2.24) is 9.02 Å². The maximum atomic E-state index is 4.11. The Morgan fingerprint density at radius 2 is 2.71 bits per heavy atom. The Morgan fingerprint density at radius 3 is 2.86 bits per heavy atom. The van der Waals surface area contributed by atoms with Crippen LogP contribution in [0.1, 0.15) is 0 Å². The molecule has 0 aliphatic heterocycles. The van der Waals surface area contributed by atoms with Crippen molar-refractivity contribution in [2.24, 2.45) is 0 Å². The number of allylic oxidation sites excluding steroid dienone is 1. The van der Waals surface area contributed by atoms with Gasteiger partial charge in [-0.05, 0) is 0 Å². The Kier molecular flexibility index (Phi) is 1.67. The van der Waals surface area contributed by atoms with Crippen LogP contribution in [0.4, 0.5) is 0 Å². The van der Waals surface area contributed by atoms with Crippen LogP contribution >= 0.6 is 16.4 Å². The molecule has 4 heteroatoms. The second-order valence-electron chi connectivity index (χ2n) is 1.16. The van der Waals surface area contributed by atoms with E-state index in [1.54, 1.807) is 0 Å². The van der Waals surface area contributed by atoms with Crippen molar-refractivity contribution >= 4 is 16.4 Å². The second-order valence-corrected chi connectivity index (χ2v) is 4.04. The van der Waals surface area contributed by atoms with E-state index in [1.165, 1.54) is 0 Å². The van der Waals surface area contributed by atoms with Gasteiger partial charge in [-0.2, -0.15) is 4.51 Å². The number of hydrogen-bond donors (Lipinski definition) is 1. The third kappa shape index (κ3) is 1.15. The Labute approximate surface area is 45.1 Å². The number of nitrogens with one attached hydrogen (secondary N) is 1. The minimum absolute atomic E-state index is 0.153. The van der Waals surface area contributed by atoms with Gasteiger partial charge in [-0.25, -0.2) is 0 Å². The molecule has 0 amide bonds. The molecule has 0 saturated carbocycles. The van der Waals surface area contributed by atoms with E-state index < -0.39 is 0 Å². The second kappa shape index (κ2) is 2.30. The maximum absolute atomic E-state index is 4.11. The molecule has 38 valence electrons. The van der Waals surface area contributed by atoms with E-state index in [4.69, 9.17) is 0 Å². The standard InChI is InChI=1S/C3H6N2P2/c1-2-3-7-4-6-5-7/h2H,1,3H2,(H,4,5). The predicted octanol–water partition coefficient (Wildman–Crippen LogP) is 2.16. The minimum atomic E-state index is -0.153. The van der Waals surface area contributed by atoms with Crippen molar-refractivity contribution in [2.45, 2.75) is 6.16 Å². The fraction of sp³-hybridized carbons (Fsp3) is 0.333. The van der Waals surface area contributed by atoms with Gasteiger partial charge in [0.2, 0.25) is 0 Å². The topological polar surface area (TPSA) is 28.7 Å². The lowest BCUT2D eigenvalue weighted by Crippen LogP contribution is -1.69. The molecule has 0 saturated heterocycles. The average Bonchev–Trinajstić information content (AvgIpc) is 1.55. The molecule has 1 atom stereocenters.